The van der Waals surface area contributed by atoms with Gasteiger partial charge in [0.2, 0.25) is 0 Å². The molecule has 6 heteroatoms. The van der Waals surface area contributed by atoms with Crippen LogP contribution in [-0.4, -0.2) is 34.5 Å². The van der Waals surface area contributed by atoms with Gasteiger partial charge in [-0.05, 0) is 37.0 Å². The molecule has 0 aromatic heterocycles. The van der Waals surface area contributed by atoms with Gasteiger partial charge < -0.3 is 10.0 Å². The predicted molar refractivity (Wildman–Crippen MR) is 67.2 cm³/mol. The van der Waals surface area contributed by atoms with Gasteiger partial charge in [-0.2, -0.15) is 0 Å². The minimum Gasteiger partial charge on any atom is -0.480 e. The molecule has 0 aliphatic carbocycles. The molecule has 1 heterocycles. The largest absolute Gasteiger partial charge is 0.480 e. The lowest BCUT2D eigenvalue weighted by atomic mass is 9.92. The summed E-state index contributed by atoms with van der Waals surface area (Å²) < 4.78 is 26.8. The molecule has 2 rings (SSSR count). The van der Waals surface area contributed by atoms with Crippen molar-refractivity contribution in [3.05, 3.63) is 35.4 Å². The first kappa shape index (κ1) is 14.4. The number of halogens is 2. The maximum atomic E-state index is 13.6. The van der Waals surface area contributed by atoms with Crippen LogP contribution in [0.15, 0.2) is 18.2 Å². The van der Waals surface area contributed by atoms with Gasteiger partial charge in [0.05, 0.1) is 5.56 Å². The van der Waals surface area contributed by atoms with Crippen LogP contribution < -0.4 is 0 Å². The molecule has 1 aromatic rings. The van der Waals surface area contributed by atoms with Crippen LogP contribution in [0.5, 0.6) is 0 Å². The number of hydrogen-bond donors (Lipinski definition) is 1. The van der Waals surface area contributed by atoms with Crippen LogP contribution in [0.3, 0.4) is 0 Å². The van der Waals surface area contributed by atoms with Gasteiger partial charge in [0.1, 0.15) is 17.7 Å². The summed E-state index contributed by atoms with van der Waals surface area (Å²) in [5.74, 6) is -3.30. The van der Waals surface area contributed by atoms with Crippen molar-refractivity contribution < 1.29 is 23.5 Å². The number of benzene rings is 1. The van der Waals surface area contributed by atoms with E-state index in [0.717, 1.165) is 23.1 Å². The molecule has 1 fully saturated rings. The highest BCUT2D eigenvalue weighted by Crippen LogP contribution is 2.25. The molecule has 0 bridgehead atoms. The Morgan fingerprint density at radius 3 is 2.70 bits per heavy atom. The summed E-state index contributed by atoms with van der Waals surface area (Å²) in [5.41, 5.74) is -0.425. The van der Waals surface area contributed by atoms with Gasteiger partial charge in [-0.3, -0.25) is 4.79 Å². The third-order valence-corrected chi connectivity index (χ3v) is 3.57. The van der Waals surface area contributed by atoms with Gasteiger partial charge in [-0.25, -0.2) is 13.6 Å². The van der Waals surface area contributed by atoms with Gasteiger partial charge in [-0.1, -0.05) is 6.92 Å². The number of likely N-dealkylation sites (tertiary alicyclic amines) is 1. The first-order valence-corrected chi connectivity index (χ1v) is 6.39. The number of piperidine rings is 1. The molecule has 0 saturated carbocycles. The third-order valence-electron chi connectivity index (χ3n) is 3.57. The number of carbonyl (C=O) groups excluding carboxylic acids is 1. The Balaban J connectivity index is 2.31. The number of nitrogens with zero attached hydrogens (tertiary/aromatic N) is 1. The van der Waals surface area contributed by atoms with Gasteiger partial charge in [0.15, 0.2) is 0 Å². The SMILES string of the molecule is CC1CCN(C(=O)c2cc(F)ccc2F)C(C(=O)O)C1. The summed E-state index contributed by atoms with van der Waals surface area (Å²) in [6.45, 7) is 2.13. The van der Waals surface area contributed by atoms with Crippen molar-refractivity contribution in [1.29, 1.82) is 0 Å². The van der Waals surface area contributed by atoms with E-state index in [1.54, 1.807) is 0 Å². The number of carbonyl (C=O) groups is 2. The predicted octanol–water partition coefficient (Wildman–Crippen LogP) is 2.29. The Morgan fingerprint density at radius 2 is 2.05 bits per heavy atom. The molecular weight excluding hydrogens is 268 g/mol. The number of carboxylic acids is 1. The van der Waals surface area contributed by atoms with Crippen molar-refractivity contribution >= 4 is 11.9 Å². The molecule has 1 aliphatic heterocycles. The minimum atomic E-state index is -1.12. The molecule has 4 nitrogen and oxygen atoms in total. The molecule has 1 N–H and O–H groups in total. The molecule has 1 aliphatic rings. The maximum absolute atomic E-state index is 13.6. The summed E-state index contributed by atoms with van der Waals surface area (Å²) in [4.78, 5) is 24.6. The second-order valence-electron chi connectivity index (χ2n) is 5.11. The molecule has 108 valence electrons. The fraction of sp³-hybridized carbons (Fsp3) is 0.429. The molecule has 2 atom stereocenters. The Kier molecular flexibility index (Phi) is 4.01. The highest BCUT2D eigenvalue weighted by molar-refractivity contribution is 5.97. The van der Waals surface area contributed by atoms with Crippen molar-refractivity contribution in [3.8, 4) is 0 Å². The van der Waals surface area contributed by atoms with Crippen LogP contribution in [0.25, 0.3) is 0 Å². The lowest BCUT2D eigenvalue weighted by Crippen LogP contribution is -2.50. The Bertz CT molecular complexity index is 547. The molecule has 1 saturated heterocycles. The standard InChI is InChI=1S/C14H15F2NO3/c1-8-4-5-17(12(6-8)14(19)20)13(18)10-7-9(15)2-3-11(10)16/h2-3,7-8,12H,4-6H2,1H3,(H,19,20). The first-order chi connectivity index (χ1) is 9.40. The molecule has 1 aromatic carbocycles. The van der Waals surface area contributed by atoms with E-state index in [0.29, 0.717) is 12.8 Å². The Hall–Kier alpha value is -1.98. The molecule has 0 radical (unpaired) electrons. The van der Waals surface area contributed by atoms with E-state index in [1.165, 1.54) is 0 Å². The van der Waals surface area contributed by atoms with E-state index in [-0.39, 0.29) is 12.5 Å². The van der Waals surface area contributed by atoms with Crippen LogP contribution in [0.2, 0.25) is 0 Å². The van der Waals surface area contributed by atoms with Crippen LogP contribution in [-0.2, 0) is 4.79 Å². The van der Waals surface area contributed by atoms with Crippen molar-refractivity contribution in [2.24, 2.45) is 5.92 Å². The monoisotopic (exact) mass is 283 g/mol. The van der Waals surface area contributed by atoms with E-state index >= 15 is 0 Å². The quantitative estimate of drug-likeness (QED) is 0.906. The van der Waals surface area contributed by atoms with Crippen molar-refractivity contribution in [2.45, 2.75) is 25.8 Å². The Morgan fingerprint density at radius 1 is 1.35 bits per heavy atom. The smallest absolute Gasteiger partial charge is 0.326 e. The number of rotatable bonds is 2. The third kappa shape index (κ3) is 2.79. The van der Waals surface area contributed by atoms with E-state index in [2.05, 4.69) is 0 Å². The number of amides is 1. The second kappa shape index (κ2) is 5.56. The molecular formula is C14H15F2NO3. The highest BCUT2D eigenvalue weighted by Gasteiger charge is 2.36. The van der Waals surface area contributed by atoms with Crippen molar-refractivity contribution in [1.82, 2.24) is 4.90 Å². The van der Waals surface area contributed by atoms with Crippen molar-refractivity contribution in [3.63, 3.8) is 0 Å². The number of hydrogen-bond acceptors (Lipinski definition) is 2. The fourth-order valence-corrected chi connectivity index (χ4v) is 2.43. The van der Waals surface area contributed by atoms with Crippen LogP contribution in [0.1, 0.15) is 30.1 Å². The van der Waals surface area contributed by atoms with Gasteiger partial charge in [0.25, 0.3) is 5.91 Å². The molecule has 20 heavy (non-hydrogen) atoms. The summed E-state index contributed by atoms with van der Waals surface area (Å²) in [6.07, 6.45) is 0.963. The maximum Gasteiger partial charge on any atom is 0.326 e. The first-order valence-electron chi connectivity index (χ1n) is 6.39. The topological polar surface area (TPSA) is 57.6 Å². The zero-order chi connectivity index (χ0) is 14.9. The average molecular weight is 283 g/mol. The van der Waals surface area contributed by atoms with E-state index < -0.39 is 35.1 Å². The van der Waals surface area contributed by atoms with E-state index in [9.17, 15) is 23.5 Å². The van der Waals surface area contributed by atoms with Gasteiger partial charge in [-0.15, -0.1) is 0 Å². The molecule has 2 unspecified atom stereocenters. The van der Waals surface area contributed by atoms with Gasteiger partial charge in [0, 0.05) is 6.54 Å². The van der Waals surface area contributed by atoms with Gasteiger partial charge >= 0.3 is 5.97 Å². The fourth-order valence-electron chi connectivity index (χ4n) is 2.43. The Labute approximate surface area is 115 Å². The summed E-state index contributed by atoms with van der Waals surface area (Å²) in [6, 6.07) is 1.59. The average Bonchev–Trinajstić information content (AvgIpc) is 2.40. The van der Waals surface area contributed by atoms with E-state index in [4.69, 9.17) is 0 Å². The second-order valence-corrected chi connectivity index (χ2v) is 5.11. The lowest BCUT2D eigenvalue weighted by molar-refractivity contribution is -0.144. The minimum absolute atomic E-state index is 0.178. The number of carboxylic acid groups (broad SMARTS) is 1. The zero-order valence-electron chi connectivity index (χ0n) is 11.0. The summed E-state index contributed by atoms with van der Waals surface area (Å²) in [7, 11) is 0. The normalized spacial score (nSPS) is 22.6. The zero-order valence-corrected chi connectivity index (χ0v) is 11.0. The summed E-state index contributed by atoms with van der Waals surface area (Å²) in [5, 5.41) is 9.18. The summed E-state index contributed by atoms with van der Waals surface area (Å²) >= 11 is 0. The highest BCUT2D eigenvalue weighted by atomic mass is 19.1. The number of aliphatic carboxylic acids is 1. The van der Waals surface area contributed by atoms with Crippen molar-refractivity contribution in [2.75, 3.05) is 6.54 Å². The van der Waals surface area contributed by atoms with Crippen LogP contribution in [0.4, 0.5) is 8.78 Å². The molecule has 0 spiro atoms. The lowest BCUT2D eigenvalue weighted by Gasteiger charge is -2.36. The molecule has 1 amide bonds. The van der Waals surface area contributed by atoms with E-state index in [1.807, 2.05) is 6.92 Å². The van der Waals surface area contributed by atoms with Crippen LogP contribution >= 0.6 is 0 Å². The van der Waals surface area contributed by atoms with Crippen LogP contribution in [0, 0.1) is 17.6 Å².